The summed E-state index contributed by atoms with van der Waals surface area (Å²) in [6.45, 7) is 1.64. The smallest absolute Gasteiger partial charge is 0.0991 e. The van der Waals surface area contributed by atoms with Crippen molar-refractivity contribution in [3.63, 3.8) is 0 Å². The molecule has 0 spiro atoms. The number of aliphatic hydroxyl groups excluding tert-OH is 1. The van der Waals surface area contributed by atoms with Crippen LogP contribution in [0.25, 0.3) is 0 Å². The predicted molar refractivity (Wildman–Crippen MR) is 74.1 cm³/mol. The van der Waals surface area contributed by atoms with E-state index in [1.54, 1.807) is 0 Å². The van der Waals surface area contributed by atoms with Crippen molar-refractivity contribution in [1.82, 2.24) is 5.32 Å². The van der Waals surface area contributed by atoms with Gasteiger partial charge in [-0.3, -0.25) is 0 Å². The van der Waals surface area contributed by atoms with E-state index in [0.717, 1.165) is 24.2 Å². The lowest BCUT2D eigenvalue weighted by atomic mass is 10.1. The minimum Gasteiger partial charge on any atom is -0.392 e. The molecule has 0 heterocycles. The SMILES string of the molecule is N#Cc1ccc(CNCc2ccc(CO)cc2)cc1. The average Bonchev–Trinajstić information content (AvgIpc) is 2.49. The van der Waals surface area contributed by atoms with Gasteiger partial charge in [-0.25, -0.2) is 0 Å². The van der Waals surface area contributed by atoms with Gasteiger partial charge in [0.15, 0.2) is 0 Å². The number of nitrogens with one attached hydrogen (secondary N) is 1. The highest BCUT2D eigenvalue weighted by molar-refractivity contribution is 5.31. The molecule has 0 bridgehead atoms. The molecule has 0 atom stereocenters. The number of hydrogen-bond donors (Lipinski definition) is 2. The van der Waals surface area contributed by atoms with Crippen molar-refractivity contribution in [3.05, 3.63) is 70.8 Å². The minimum absolute atomic E-state index is 0.0823. The van der Waals surface area contributed by atoms with E-state index in [-0.39, 0.29) is 6.61 Å². The molecule has 19 heavy (non-hydrogen) atoms. The molecule has 0 amide bonds. The van der Waals surface area contributed by atoms with Crippen LogP contribution in [0.1, 0.15) is 22.3 Å². The van der Waals surface area contributed by atoms with Gasteiger partial charge in [0.05, 0.1) is 18.2 Å². The first-order valence-corrected chi connectivity index (χ1v) is 6.20. The second kappa shape index (κ2) is 6.69. The lowest BCUT2D eigenvalue weighted by Gasteiger charge is -2.06. The zero-order valence-corrected chi connectivity index (χ0v) is 10.6. The maximum atomic E-state index is 8.96. The van der Waals surface area contributed by atoms with Crippen molar-refractivity contribution in [2.75, 3.05) is 0 Å². The Morgan fingerprint density at radius 1 is 0.842 bits per heavy atom. The van der Waals surface area contributed by atoms with E-state index >= 15 is 0 Å². The van der Waals surface area contributed by atoms with Crippen molar-refractivity contribution in [2.24, 2.45) is 0 Å². The van der Waals surface area contributed by atoms with Crippen LogP contribution in [0.3, 0.4) is 0 Å². The van der Waals surface area contributed by atoms with Gasteiger partial charge >= 0.3 is 0 Å². The summed E-state index contributed by atoms with van der Waals surface area (Å²) in [4.78, 5) is 0. The molecule has 0 aliphatic carbocycles. The third-order valence-corrected chi connectivity index (χ3v) is 2.95. The van der Waals surface area contributed by atoms with Crippen molar-refractivity contribution in [2.45, 2.75) is 19.7 Å². The number of hydrogen-bond acceptors (Lipinski definition) is 3. The Labute approximate surface area is 113 Å². The van der Waals surface area contributed by atoms with Crippen LogP contribution in [0.15, 0.2) is 48.5 Å². The average molecular weight is 252 g/mol. The fourth-order valence-electron chi connectivity index (χ4n) is 1.81. The molecule has 0 unspecified atom stereocenters. The number of benzene rings is 2. The molecule has 0 aromatic heterocycles. The molecule has 96 valence electrons. The fourth-order valence-corrected chi connectivity index (χ4v) is 1.81. The molecular weight excluding hydrogens is 236 g/mol. The molecule has 3 nitrogen and oxygen atoms in total. The monoisotopic (exact) mass is 252 g/mol. The van der Waals surface area contributed by atoms with Gasteiger partial charge in [0.1, 0.15) is 0 Å². The molecule has 2 aromatic rings. The van der Waals surface area contributed by atoms with Crippen molar-refractivity contribution < 1.29 is 5.11 Å². The van der Waals surface area contributed by atoms with E-state index in [0.29, 0.717) is 5.56 Å². The standard InChI is InChI=1S/C16H16N2O/c17-9-13-1-3-14(4-2-13)10-18-11-15-5-7-16(12-19)8-6-15/h1-8,18-19H,10-12H2. The summed E-state index contributed by atoms with van der Waals surface area (Å²) >= 11 is 0. The Morgan fingerprint density at radius 2 is 1.32 bits per heavy atom. The Bertz CT molecular complexity index is 553. The van der Waals surface area contributed by atoms with E-state index in [2.05, 4.69) is 11.4 Å². The van der Waals surface area contributed by atoms with Crippen LogP contribution in [0.2, 0.25) is 0 Å². The molecule has 0 aliphatic heterocycles. The Balaban J connectivity index is 1.83. The molecule has 0 saturated carbocycles. The van der Waals surface area contributed by atoms with Crippen LogP contribution in [0.5, 0.6) is 0 Å². The van der Waals surface area contributed by atoms with E-state index in [1.807, 2.05) is 48.5 Å². The Hall–Kier alpha value is -2.15. The zero-order chi connectivity index (χ0) is 13.5. The Kier molecular flexibility index (Phi) is 4.68. The molecule has 3 heteroatoms. The van der Waals surface area contributed by atoms with Crippen molar-refractivity contribution >= 4 is 0 Å². The topological polar surface area (TPSA) is 56.0 Å². The molecular formula is C16H16N2O. The van der Waals surface area contributed by atoms with Gasteiger partial charge in [-0.1, -0.05) is 36.4 Å². The first kappa shape index (κ1) is 13.3. The highest BCUT2D eigenvalue weighted by atomic mass is 16.3. The number of nitrogens with zero attached hydrogens (tertiary/aromatic N) is 1. The number of aliphatic hydroxyl groups is 1. The summed E-state index contributed by atoms with van der Waals surface area (Å²) in [5.41, 5.74) is 3.95. The summed E-state index contributed by atoms with van der Waals surface area (Å²) in [6, 6.07) is 17.6. The quantitative estimate of drug-likeness (QED) is 0.858. The van der Waals surface area contributed by atoms with Gasteiger partial charge < -0.3 is 10.4 Å². The summed E-state index contributed by atoms with van der Waals surface area (Å²) in [5.74, 6) is 0. The maximum absolute atomic E-state index is 8.96. The molecule has 2 rings (SSSR count). The summed E-state index contributed by atoms with van der Waals surface area (Å²) in [7, 11) is 0. The second-order valence-electron chi connectivity index (χ2n) is 4.39. The van der Waals surface area contributed by atoms with Crippen molar-refractivity contribution in [1.29, 1.82) is 5.26 Å². The molecule has 2 aromatic carbocycles. The van der Waals surface area contributed by atoms with Gasteiger partial charge in [0.25, 0.3) is 0 Å². The van der Waals surface area contributed by atoms with Crippen LogP contribution in [0.4, 0.5) is 0 Å². The van der Waals surface area contributed by atoms with Gasteiger partial charge in [-0.05, 0) is 28.8 Å². The first-order chi connectivity index (χ1) is 9.31. The third-order valence-electron chi connectivity index (χ3n) is 2.95. The number of nitriles is 1. The summed E-state index contributed by atoms with van der Waals surface area (Å²) in [6.07, 6.45) is 0. The van der Waals surface area contributed by atoms with Gasteiger partial charge in [0, 0.05) is 13.1 Å². The molecule has 0 saturated heterocycles. The van der Waals surface area contributed by atoms with Crippen LogP contribution in [-0.2, 0) is 19.7 Å². The van der Waals surface area contributed by atoms with E-state index < -0.39 is 0 Å². The minimum atomic E-state index is 0.0823. The second-order valence-corrected chi connectivity index (χ2v) is 4.39. The fraction of sp³-hybridized carbons (Fsp3) is 0.188. The highest BCUT2D eigenvalue weighted by Gasteiger charge is 1.96. The predicted octanol–water partition coefficient (Wildman–Crippen LogP) is 2.34. The zero-order valence-electron chi connectivity index (χ0n) is 10.6. The van der Waals surface area contributed by atoms with Gasteiger partial charge in [-0.15, -0.1) is 0 Å². The van der Waals surface area contributed by atoms with Gasteiger partial charge in [0.2, 0.25) is 0 Å². The molecule has 2 N–H and O–H groups in total. The van der Waals surface area contributed by atoms with Crippen LogP contribution in [0, 0.1) is 11.3 Å². The van der Waals surface area contributed by atoms with Crippen molar-refractivity contribution in [3.8, 4) is 6.07 Å². The lowest BCUT2D eigenvalue weighted by Crippen LogP contribution is -2.12. The Morgan fingerprint density at radius 3 is 1.79 bits per heavy atom. The maximum Gasteiger partial charge on any atom is 0.0991 e. The van der Waals surface area contributed by atoms with Crippen LogP contribution in [-0.4, -0.2) is 5.11 Å². The van der Waals surface area contributed by atoms with Gasteiger partial charge in [-0.2, -0.15) is 5.26 Å². The molecule has 0 aliphatic rings. The van der Waals surface area contributed by atoms with E-state index in [9.17, 15) is 0 Å². The van der Waals surface area contributed by atoms with Crippen LogP contribution < -0.4 is 5.32 Å². The lowest BCUT2D eigenvalue weighted by molar-refractivity contribution is 0.282. The normalized spacial score (nSPS) is 10.1. The largest absolute Gasteiger partial charge is 0.392 e. The van der Waals surface area contributed by atoms with E-state index in [4.69, 9.17) is 10.4 Å². The number of rotatable bonds is 5. The van der Waals surface area contributed by atoms with E-state index in [1.165, 1.54) is 5.56 Å². The summed E-state index contributed by atoms with van der Waals surface area (Å²) < 4.78 is 0. The molecule has 0 radical (unpaired) electrons. The van der Waals surface area contributed by atoms with Crippen LogP contribution >= 0.6 is 0 Å². The molecule has 0 fully saturated rings. The third kappa shape index (κ3) is 3.92. The summed E-state index contributed by atoms with van der Waals surface area (Å²) in [5, 5.41) is 21.0. The first-order valence-electron chi connectivity index (χ1n) is 6.20. The highest BCUT2D eigenvalue weighted by Crippen LogP contribution is 2.06.